The van der Waals surface area contributed by atoms with Crippen molar-refractivity contribution in [3.63, 3.8) is 0 Å². The predicted octanol–water partition coefficient (Wildman–Crippen LogP) is 4.43. The lowest BCUT2D eigenvalue weighted by Crippen LogP contribution is -2.31. The average Bonchev–Trinajstić information content (AvgIpc) is 2.81. The smallest absolute Gasteiger partial charge is 0.116 e. The molecular weight excluding hydrogens is 296 g/mol. The van der Waals surface area contributed by atoms with Gasteiger partial charge in [0.2, 0.25) is 0 Å². The van der Waals surface area contributed by atoms with Crippen molar-refractivity contribution in [2.24, 2.45) is 5.92 Å². The second-order valence-corrected chi connectivity index (χ2v) is 6.19. The van der Waals surface area contributed by atoms with Gasteiger partial charge < -0.3 is 10.4 Å². The van der Waals surface area contributed by atoms with Crippen LogP contribution in [0.15, 0.2) is 36.5 Å². The van der Waals surface area contributed by atoms with Crippen LogP contribution in [0.4, 0.5) is 0 Å². The lowest BCUT2D eigenvalue weighted by atomic mass is 9.76. The Balaban J connectivity index is 0.000000815. The summed E-state index contributed by atoms with van der Waals surface area (Å²) in [7, 11) is 0. The van der Waals surface area contributed by atoms with E-state index in [1.54, 1.807) is 6.07 Å². The first-order valence-corrected chi connectivity index (χ1v) is 8.99. The Morgan fingerprint density at radius 1 is 1.04 bits per heavy atom. The first kappa shape index (κ1) is 16.7. The molecular formula is C21H26N2O. The quantitative estimate of drug-likeness (QED) is 0.816. The van der Waals surface area contributed by atoms with Gasteiger partial charge in [0.1, 0.15) is 5.75 Å². The van der Waals surface area contributed by atoms with Gasteiger partial charge in [-0.2, -0.15) is 0 Å². The van der Waals surface area contributed by atoms with Crippen molar-refractivity contribution < 1.29 is 5.11 Å². The number of phenolic OH excluding ortho intramolecular Hbond substituents is 1. The highest BCUT2D eigenvalue weighted by molar-refractivity contribution is 5.76. The van der Waals surface area contributed by atoms with Crippen molar-refractivity contribution in [3.8, 4) is 5.75 Å². The molecule has 0 saturated carbocycles. The van der Waals surface area contributed by atoms with Gasteiger partial charge in [-0.3, -0.25) is 4.98 Å². The molecule has 3 heteroatoms. The molecule has 2 aromatic rings. The van der Waals surface area contributed by atoms with Crippen LogP contribution in [-0.4, -0.2) is 23.2 Å². The largest absolute Gasteiger partial charge is 0.508 e. The fourth-order valence-corrected chi connectivity index (χ4v) is 3.80. The van der Waals surface area contributed by atoms with Gasteiger partial charge in [0.05, 0.1) is 5.69 Å². The number of aromatic hydroxyl groups is 1. The summed E-state index contributed by atoms with van der Waals surface area (Å²) < 4.78 is 0. The molecule has 126 valence electrons. The number of rotatable bonds is 1. The number of hydrogen-bond donors (Lipinski definition) is 2. The Bertz CT molecular complexity index is 718. The minimum Gasteiger partial charge on any atom is -0.508 e. The summed E-state index contributed by atoms with van der Waals surface area (Å²) in [5.41, 5.74) is 4.77. The van der Waals surface area contributed by atoms with Crippen LogP contribution in [0, 0.1) is 5.92 Å². The van der Waals surface area contributed by atoms with E-state index in [1.807, 2.05) is 32.2 Å². The van der Waals surface area contributed by atoms with Crippen molar-refractivity contribution in [2.75, 3.05) is 13.1 Å². The van der Waals surface area contributed by atoms with Gasteiger partial charge in [0.15, 0.2) is 0 Å². The molecule has 3 nitrogen and oxygen atoms in total. The summed E-state index contributed by atoms with van der Waals surface area (Å²) in [5, 5.41) is 13.3. The topological polar surface area (TPSA) is 45.2 Å². The Hall–Kier alpha value is -2.13. The van der Waals surface area contributed by atoms with Crippen molar-refractivity contribution in [1.29, 1.82) is 0 Å². The number of nitrogens with zero attached hydrogens (tertiary/aromatic N) is 1. The van der Waals surface area contributed by atoms with Crippen molar-refractivity contribution in [1.82, 2.24) is 10.3 Å². The van der Waals surface area contributed by atoms with Crippen LogP contribution in [0.2, 0.25) is 0 Å². The third-order valence-corrected chi connectivity index (χ3v) is 4.87. The third-order valence-electron chi connectivity index (χ3n) is 4.87. The number of hydrogen-bond acceptors (Lipinski definition) is 3. The minimum atomic E-state index is 0.309. The Kier molecular flexibility index (Phi) is 5.31. The zero-order valence-corrected chi connectivity index (χ0v) is 14.5. The fourth-order valence-electron chi connectivity index (χ4n) is 3.80. The number of nitrogens with one attached hydrogen (secondary N) is 1. The fraction of sp³-hybridized carbons (Fsp3) is 0.381. The highest BCUT2D eigenvalue weighted by Gasteiger charge is 2.31. The third kappa shape index (κ3) is 3.22. The lowest BCUT2D eigenvalue weighted by Gasteiger charge is -2.31. The van der Waals surface area contributed by atoms with E-state index in [2.05, 4.69) is 29.6 Å². The van der Waals surface area contributed by atoms with E-state index >= 15 is 0 Å². The number of phenols is 1. The second kappa shape index (κ2) is 7.63. The molecule has 1 fully saturated rings. The standard InChI is InChI=1S/C19H20N2O.C2H6/c22-16-5-6-17-15(12-16)4-3-14-2-1-9-21-19(14)18(17)13-7-10-20-11-8-13;1-2/h1-6,9,12-13,18,20,22H,7-8,10-11H2;1-2H3. The van der Waals surface area contributed by atoms with Gasteiger partial charge in [0, 0.05) is 12.1 Å². The molecule has 0 radical (unpaired) electrons. The van der Waals surface area contributed by atoms with Gasteiger partial charge in [0.25, 0.3) is 0 Å². The maximum atomic E-state index is 9.83. The molecule has 0 bridgehead atoms. The predicted molar refractivity (Wildman–Crippen MR) is 100 cm³/mol. The summed E-state index contributed by atoms with van der Waals surface area (Å²) in [6.45, 7) is 6.15. The number of piperidine rings is 1. The lowest BCUT2D eigenvalue weighted by molar-refractivity contribution is 0.338. The van der Waals surface area contributed by atoms with Crippen LogP contribution in [0.1, 0.15) is 55.0 Å². The zero-order chi connectivity index (χ0) is 16.9. The van der Waals surface area contributed by atoms with Gasteiger partial charge >= 0.3 is 0 Å². The number of benzene rings is 1. The number of fused-ring (bicyclic) bond motifs is 2. The molecule has 1 aromatic heterocycles. The molecule has 4 rings (SSSR count). The summed E-state index contributed by atoms with van der Waals surface area (Å²) in [5.74, 6) is 1.23. The molecule has 0 amide bonds. The molecule has 1 unspecified atom stereocenters. The molecule has 1 atom stereocenters. The van der Waals surface area contributed by atoms with Crippen LogP contribution in [0.5, 0.6) is 5.75 Å². The average molecular weight is 322 g/mol. The first-order chi connectivity index (χ1) is 11.8. The van der Waals surface area contributed by atoms with E-state index in [-0.39, 0.29) is 0 Å². The molecule has 1 aliphatic heterocycles. The van der Waals surface area contributed by atoms with Crippen LogP contribution in [0.3, 0.4) is 0 Å². The first-order valence-electron chi connectivity index (χ1n) is 8.99. The molecule has 1 aromatic carbocycles. The van der Waals surface area contributed by atoms with E-state index in [4.69, 9.17) is 4.98 Å². The normalized spacial score (nSPS) is 19.5. The van der Waals surface area contributed by atoms with Gasteiger partial charge in [-0.25, -0.2) is 0 Å². The molecule has 24 heavy (non-hydrogen) atoms. The van der Waals surface area contributed by atoms with E-state index in [0.29, 0.717) is 17.6 Å². The summed E-state index contributed by atoms with van der Waals surface area (Å²) >= 11 is 0. The van der Waals surface area contributed by atoms with E-state index < -0.39 is 0 Å². The maximum Gasteiger partial charge on any atom is 0.116 e. The van der Waals surface area contributed by atoms with Crippen LogP contribution < -0.4 is 5.32 Å². The monoisotopic (exact) mass is 322 g/mol. The second-order valence-electron chi connectivity index (χ2n) is 6.19. The highest BCUT2D eigenvalue weighted by atomic mass is 16.3. The Labute approximate surface area is 144 Å². The van der Waals surface area contributed by atoms with E-state index in [9.17, 15) is 5.11 Å². The number of aromatic nitrogens is 1. The number of pyridine rings is 1. The molecule has 2 N–H and O–H groups in total. The van der Waals surface area contributed by atoms with Crippen molar-refractivity contribution >= 4 is 12.2 Å². The molecule has 1 aliphatic carbocycles. The van der Waals surface area contributed by atoms with E-state index in [0.717, 1.165) is 18.7 Å². The van der Waals surface area contributed by atoms with Gasteiger partial charge in [-0.05, 0) is 66.7 Å². The summed E-state index contributed by atoms with van der Waals surface area (Å²) in [6, 6.07) is 9.88. The van der Waals surface area contributed by atoms with Gasteiger partial charge in [-0.1, -0.05) is 38.1 Å². The molecule has 0 spiro atoms. The summed E-state index contributed by atoms with van der Waals surface area (Å²) in [6.07, 6.45) is 8.46. The van der Waals surface area contributed by atoms with Crippen molar-refractivity contribution in [3.05, 3.63) is 58.9 Å². The highest BCUT2D eigenvalue weighted by Crippen LogP contribution is 2.42. The minimum absolute atomic E-state index is 0.309. The zero-order valence-electron chi connectivity index (χ0n) is 14.5. The van der Waals surface area contributed by atoms with Crippen LogP contribution in [-0.2, 0) is 0 Å². The molecule has 2 heterocycles. The summed E-state index contributed by atoms with van der Waals surface area (Å²) in [4.78, 5) is 4.72. The Morgan fingerprint density at radius 2 is 1.79 bits per heavy atom. The van der Waals surface area contributed by atoms with Crippen LogP contribution in [0.25, 0.3) is 12.2 Å². The van der Waals surface area contributed by atoms with Gasteiger partial charge in [-0.15, -0.1) is 0 Å². The van der Waals surface area contributed by atoms with Crippen LogP contribution >= 0.6 is 0 Å². The SMILES string of the molecule is CC.Oc1ccc2c(c1)C=Cc1cccnc1C2C1CCNCC1. The molecule has 2 aliphatic rings. The maximum absolute atomic E-state index is 9.83. The van der Waals surface area contributed by atoms with E-state index in [1.165, 1.54) is 29.7 Å². The molecule has 1 saturated heterocycles. The van der Waals surface area contributed by atoms with Crippen molar-refractivity contribution in [2.45, 2.75) is 32.6 Å². The Morgan fingerprint density at radius 3 is 2.58 bits per heavy atom.